The molecule has 4 heterocycles. The Balaban J connectivity index is 1.43. The first-order valence-corrected chi connectivity index (χ1v) is 15.2. The van der Waals surface area contributed by atoms with Gasteiger partial charge in [-0.05, 0) is 29.4 Å². The van der Waals surface area contributed by atoms with E-state index in [-0.39, 0.29) is 29.7 Å². The number of carbonyl (C=O) groups is 4. The number of fused-ring (bicyclic) bond motifs is 1. The van der Waals surface area contributed by atoms with Crippen molar-refractivity contribution in [3.05, 3.63) is 41.6 Å². The maximum absolute atomic E-state index is 12.2. The van der Waals surface area contributed by atoms with E-state index in [4.69, 9.17) is 18.9 Å². The smallest absolute Gasteiger partial charge is 0.354 e. The molecule has 21 nitrogen and oxygen atoms in total. The molecule has 2 fully saturated rings. The molecule has 4 aliphatic rings. The van der Waals surface area contributed by atoms with Crippen LogP contribution in [-0.2, 0) is 39.8 Å². The van der Waals surface area contributed by atoms with Gasteiger partial charge in [-0.3, -0.25) is 4.99 Å². The molecule has 1 aromatic carbocycles. The third-order valence-corrected chi connectivity index (χ3v) is 8.64. The molecule has 0 radical (unpaired) electrons. The molecular formula is C30H34N2O19. The number of nitrogens with zero attached hydrogens (tertiary/aromatic N) is 2. The lowest BCUT2D eigenvalue weighted by Crippen LogP contribution is -2.65. The molecule has 0 unspecified atom stereocenters. The molecule has 0 aromatic heterocycles. The van der Waals surface area contributed by atoms with Gasteiger partial charge < -0.3 is 80.0 Å². The van der Waals surface area contributed by atoms with Crippen LogP contribution in [0.25, 0.3) is 0 Å². The van der Waals surface area contributed by atoms with E-state index < -0.39 is 121 Å². The Labute approximate surface area is 285 Å². The topological polar surface area (TPSA) is 343 Å². The minimum atomic E-state index is -2.10. The number of ether oxygens (including phenoxy) is 4. The lowest BCUT2D eigenvalue weighted by molar-refractivity contribution is -0.353. The quantitative estimate of drug-likeness (QED) is 0.104. The van der Waals surface area contributed by atoms with Crippen LogP contribution in [0, 0.1) is 0 Å². The first kappa shape index (κ1) is 37.5. The fraction of sp³-hybridized carbons (Fsp3) is 0.500. The largest absolute Gasteiger partial charge is 0.504 e. The Bertz CT molecular complexity index is 1640. The number of aliphatic hydroxyl groups excluding tert-OH is 6. The van der Waals surface area contributed by atoms with Gasteiger partial charge in [0.15, 0.2) is 36.0 Å². The molecule has 2 saturated heterocycles. The van der Waals surface area contributed by atoms with Gasteiger partial charge in [0.05, 0.1) is 6.61 Å². The number of aliphatic imine (C=N–C) groups is 1. The number of aromatic hydroxyl groups is 1. The fourth-order valence-electron chi connectivity index (χ4n) is 5.96. The highest BCUT2D eigenvalue weighted by Crippen LogP contribution is 2.42. The highest BCUT2D eigenvalue weighted by molar-refractivity contribution is 6.41. The molecule has 51 heavy (non-hydrogen) atoms. The van der Waals surface area contributed by atoms with E-state index in [2.05, 4.69) is 4.99 Å². The molecule has 11 N–H and O–H groups in total. The van der Waals surface area contributed by atoms with Gasteiger partial charge in [-0.1, -0.05) is 0 Å². The van der Waals surface area contributed by atoms with E-state index in [1.54, 1.807) is 0 Å². The van der Waals surface area contributed by atoms with Crippen molar-refractivity contribution in [2.75, 3.05) is 11.5 Å². The Morgan fingerprint density at radius 3 is 2.18 bits per heavy atom. The zero-order chi connectivity index (χ0) is 37.5. The summed E-state index contributed by atoms with van der Waals surface area (Å²) >= 11 is 0. The Morgan fingerprint density at radius 1 is 0.863 bits per heavy atom. The van der Waals surface area contributed by atoms with Crippen LogP contribution in [-0.4, -0.2) is 166 Å². The zero-order valence-corrected chi connectivity index (χ0v) is 26.0. The summed E-state index contributed by atoms with van der Waals surface area (Å²) in [5.74, 6) is -6.91. The number of phenols is 1. The summed E-state index contributed by atoms with van der Waals surface area (Å²) in [6.07, 6.45) is -16.1. The molecule has 4 aliphatic heterocycles. The SMILES string of the molecule is O=C(O)C1=N[C@@H](C(=O)O)CC(/C=C/N2c3cc(O)c(O[C@@H]4O[C@H](CO)[C@@H](O)[C@H](O)[C@H]4O[C@@H]4O[C@H](C(=O)O)[C@@H](O)[C@H](O)[C@H]4O)cc3C[C@H]2C(=O)O)=C1. The summed E-state index contributed by atoms with van der Waals surface area (Å²) in [4.78, 5) is 51.7. The number of phenolic OH excluding ortho intramolecular Hbond substituents is 1. The van der Waals surface area contributed by atoms with Gasteiger partial charge in [0.25, 0.3) is 0 Å². The minimum Gasteiger partial charge on any atom is -0.504 e. The first-order chi connectivity index (χ1) is 24.0. The number of rotatable bonds is 11. The van der Waals surface area contributed by atoms with Crippen LogP contribution in [0.15, 0.2) is 41.1 Å². The molecule has 12 atom stereocenters. The predicted octanol–water partition coefficient (Wildman–Crippen LogP) is -3.87. The molecule has 0 saturated carbocycles. The molecular weight excluding hydrogens is 692 g/mol. The lowest BCUT2D eigenvalue weighted by Gasteiger charge is -2.45. The van der Waals surface area contributed by atoms with E-state index in [0.29, 0.717) is 0 Å². The van der Waals surface area contributed by atoms with Crippen LogP contribution in [0.1, 0.15) is 12.0 Å². The number of dihydropyridines is 1. The summed E-state index contributed by atoms with van der Waals surface area (Å²) in [5, 5.41) is 111. The van der Waals surface area contributed by atoms with Gasteiger partial charge in [0.1, 0.15) is 48.4 Å². The van der Waals surface area contributed by atoms with Gasteiger partial charge in [0, 0.05) is 30.8 Å². The highest BCUT2D eigenvalue weighted by Gasteiger charge is 2.53. The van der Waals surface area contributed by atoms with Crippen LogP contribution < -0.4 is 9.64 Å². The maximum Gasteiger partial charge on any atom is 0.354 e. The van der Waals surface area contributed by atoms with Crippen LogP contribution in [0.5, 0.6) is 11.5 Å². The normalized spacial score (nSPS) is 35.1. The van der Waals surface area contributed by atoms with Gasteiger partial charge >= 0.3 is 23.9 Å². The standard InChI is InChI=1S/C30H34N2O19/c33-8-17-18(35)20(37)24(51-29-22(39)19(36)21(38)23(50-29)28(46)47)30(49-17)48-16-6-10-5-14(27(44)45)32(13(10)7-15(16)34)2-1-9-3-11(25(40)41)31-12(4-9)26(42)43/h1-3,6-7,12,14,17-24,29-30,33-39H,4-5,8H2,(H,40,41)(H,42,43)(H,44,45)(H,46,47)/b2-1+/t12-,14+,17-,18-,19+,20+,21+,22-,23+,24-,29+,30-/m1/s1. The molecule has 0 spiro atoms. The highest BCUT2D eigenvalue weighted by atomic mass is 16.8. The Hall–Kier alpha value is -4.71. The zero-order valence-electron chi connectivity index (χ0n) is 26.0. The predicted molar refractivity (Wildman–Crippen MR) is 162 cm³/mol. The van der Waals surface area contributed by atoms with Crippen LogP contribution in [0.4, 0.5) is 5.69 Å². The molecule has 0 aliphatic carbocycles. The van der Waals surface area contributed by atoms with Crippen molar-refractivity contribution >= 4 is 35.3 Å². The van der Waals surface area contributed by atoms with Crippen LogP contribution >= 0.6 is 0 Å². The number of allylic oxidation sites excluding steroid dienone is 1. The molecule has 0 bridgehead atoms. The second kappa shape index (κ2) is 14.9. The Morgan fingerprint density at radius 2 is 1.57 bits per heavy atom. The van der Waals surface area contributed by atoms with E-state index in [1.807, 2.05) is 0 Å². The van der Waals surface area contributed by atoms with Crippen molar-refractivity contribution in [3.63, 3.8) is 0 Å². The van der Waals surface area contributed by atoms with Crippen molar-refractivity contribution in [1.82, 2.24) is 0 Å². The third kappa shape index (κ3) is 7.51. The summed E-state index contributed by atoms with van der Waals surface area (Å²) in [7, 11) is 0. The number of aliphatic carboxylic acids is 4. The van der Waals surface area contributed by atoms with Gasteiger partial charge in [0.2, 0.25) is 6.29 Å². The number of hydrogen-bond donors (Lipinski definition) is 11. The van der Waals surface area contributed by atoms with Gasteiger partial charge in [-0.2, -0.15) is 0 Å². The Kier molecular flexibility index (Phi) is 10.9. The van der Waals surface area contributed by atoms with Crippen molar-refractivity contribution < 1.29 is 94.3 Å². The number of aliphatic hydroxyl groups is 6. The number of anilines is 1. The number of carboxylic acids is 4. The molecule has 5 rings (SSSR count). The first-order valence-electron chi connectivity index (χ1n) is 15.2. The van der Waals surface area contributed by atoms with Gasteiger partial charge in [-0.15, -0.1) is 0 Å². The second-order valence-corrected chi connectivity index (χ2v) is 12.0. The third-order valence-electron chi connectivity index (χ3n) is 8.64. The molecule has 1 aromatic rings. The number of carboxylic acid groups (broad SMARTS) is 4. The average molecular weight is 727 g/mol. The fourth-order valence-corrected chi connectivity index (χ4v) is 5.96. The molecule has 0 amide bonds. The van der Waals surface area contributed by atoms with Crippen molar-refractivity contribution in [1.29, 1.82) is 0 Å². The van der Waals surface area contributed by atoms with E-state index >= 15 is 0 Å². The summed E-state index contributed by atoms with van der Waals surface area (Å²) < 4.78 is 21.9. The monoisotopic (exact) mass is 726 g/mol. The minimum absolute atomic E-state index is 0.147. The number of benzene rings is 1. The van der Waals surface area contributed by atoms with Crippen LogP contribution in [0.3, 0.4) is 0 Å². The molecule has 21 heteroatoms. The second-order valence-electron chi connectivity index (χ2n) is 12.0. The van der Waals surface area contributed by atoms with Crippen molar-refractivity contribution in [2.24, 2.45) is 4.99 Å². The van der Waals surface area contributed by atoms with Crippen molar-refractivity contribution in [3.8, 4) is 11.5 Å². The summed E-state index contributed by atoms with van der Waals surface area (Å²) in [6.45, 7) is -0.861. The van der Waals surface area contributed by atoms with Gasteiger partial charge in [-0.25, -0.2) is 19.2 Å². The lowest BCUT2D eigenvalue weighted by atomic mass is 9.97. The summed E-state index contributed by atoms with van der Waals surface area (Å²) in [5.41, 5.74) is 0.111. The van der Waals surface area contributed by atoms with Crippen LogP contribution in [0.2, 0.25) is 0 Å². The number of hydrogen-bond acceptors (Lipinski definition) is 17. The van der Waals surface area contributed by atoms with E-state index in [9.17, 15) is 75.3 Å². The average Bonchev–Trinajstić information content (AvgIpc) is 3.43. The summed E-state index contributed by atoms with van der Waals surface area (Å²) in [6, 6.07) is -0.352. The molecule has 278 valence electrons. The maximum atomic E-state index is 12.2. The van der Waals surface area contributed by atoms with Crippen molar-refractivity contribution in [2.45, 2.75) is 86.3 Å². The van der Waals surface area contributed by atoms with E-state index in [0.717, 1.165) is 12.1 Å². The van der Waals surface area contributed by atoms with E-state index in [1.165, 1.54) is 23.2 Å².